The van der Waals surface area contributed by atoms with Gasteiger partial charge in [0.1, 0.15) is 0 Å². The van der Waals surface area contributed by atoms with Gasteiger partial charge in [0, 0.05) is 46.0 Å². The summed E-state index contributed by atoms with van der Waals surface area (Å²) in [5.74, 6) is 0.894. The molecule has 0 saturated carbocycles. The van der Waals surface area contributed by atoms with Gasteiger partial charge in [-0.15, -0.1) is 0 Å². The first kappa shape index (κ1) is 17.8. The van der Waals surface area contributed by atoms with Crippen molar-refractivity contribution < 1.29 is 4.74 Å². The molecule has 1 fully saturated rings. The van der Waals surface area contributed by atoms with Gasteiger partial charge < -0.3 is 20.3 Å². The smallest absolute Gasteiger partial charge is 0.191 e. The van der Waals surface area contributed by atoms with E-state index >= 15 is 0 Å². The monoisotopic (exact) mass is 346 g/mol. The number of anilines is 1. The highest BCUT2D eigenvalue weighted by molar-refractivity contribution is 5.80. The number of aryl methyl sites for hydroxylation is 1. The highest BCUT2D eigenvalue weighted by Gasteiger charge is 2.21. The molecule has 2 aliphatic rings. The molecule has 0 aliphatic carbocycles. The highest BCUT2D eigenvalue weighted by Crippen LogP contribution is 2.19. The molecular weight excluding hydrogens is 316 g/mol. The maximum atomic E-state index is 5.35. The van der Waals surface area contributed by atoms with Crippen molar-refractivity contribution in [1.29, 1.82) is 0 Å². The molecule has 3 heterocycles. The number of aromatic nitrogens is 2. The SMILES string of the molecule is CN=C(NCCC1=CCOCC1)NC1CCCN(c2cnn(C)c2)C1. The number of nitrogens with one attached hydrogen (secondary N) is 2. The van der Waals surface area contributed by atoms with Crippen molar-refractivity contribution in [3.05, 3.63) is 24.0 Å². The topological polar surface area (TPSA) is 66.7 Å². The Labute approximate surface area is 150 Å². The summed E-state index contributed by atoms with van der Waals surface area (Å²) in [5.41, 5.74) is 2.68. The van der Waals surface area contributed by atoms with E-state index < -0.39 is 0 Å². The van der Waals surface area contributed by atoms with Gasteiger partial charge in [0.05, 0.1) is 25.1 Å². The number of ether oxygens (including phenoxy) is 1. The Balaban J connectivity index is 1.45. The Morgan fingerprint density at radius 3 is 3.12 bits per heavy atom. The molecule has 1 aromatic heterocycles. The first-order valence-electron chi connectivity index (χ1n) is 9.21. The third kappa shape index (κ3) is 5.22. The van der Waals surface area contributed by atoms with Crippen LogP contribution in [0.4, 0.5) is 5.69 Å². The molecule has 3 rings (SSSR count). The number of rotatable bonds is 5. The van der Waals surface area contributed by atoms with Crippen molar-refractivity contribution in [3.63, 3.8) is 0 Å². The molecule has 0 amide bonds. The second-order valence-electron chi connectivity index (χ2n) is 6.74. The lowest BCUT2D eigenvalue weighted by molar-refractivity contribution is 0.153. The van der Waals surface area contributed by atoms with Crippen LogP contribution in [0, 0.1) is 0 Å². The maximum absolute atomic E-state index is 5.35. The fourth-order valence-electron chi connectivity index (χ4n) is 3.42. The zero-order valence-electron chi connectivity index (χ0n) is 15.4. The molecule has 0 radical (unpaired) electrons. The van der Waals surface area contributed by atoms with Gasteiger partial charge in [0.15, 0.2) is 5.96 Å². The van der Waals surface area contributed by atoms with Crippen LogP contribution >= 0.6 is 0 Å². The number of aliphatic imine (C=N–C) groups is 1. The van der Waals surface area contributed by atoms with Gasteiger partial charge in [-0.1, -0.05) is 11.6 Å². The van der Waals surface area contributed by atoms with Crippen LogP contribution in [0.5, 0.6) is 0 Å². The van der Waals surface area contributed by atoms with Crippen LogP contribution in [0.15, 0.2) is 29.0 Å². The van der Waals surface area contributed by atoms with Gasteiger partial charge in [0.2, 0.25) is 0 Å². The van der Waals surface area contributed by atoms with Crippen LogP contribution in [-0.4, -0.2) is 61.7 Å². The molecule has 2 aliphatic heterocycles. The lowest BCUT2D eigenvalue weighted by Crippen LogP contribution is -2.51. The normalized spacial score (nSPS) is 21.8. The van der Waals surface area contributed by atoms with E-state index in [0.29, 0.717) is 6.04 Å². The number of hydrogen-bond donors (Lipinski definition) is 2. The predicted molar refractivity (Wildman–Crippen MR) is 101 cm³/mol. The third-order valence-electron chi connectivity index (χ3n) is 4.84. The summed E-state index contributed by atoms with van der Waals surface area (Å²) < 4.78 is 7.21. The molecule has 1 unspecified atom stereocenters. The van der Waals surface area contributed by atoms with Crippen molar-refractivity contribution in [2.75, 3.05) is 44.8 Å². The van der Waals surface area contributed by atoms with Gasteiger partial charge >= 0.3 is 0 Å². The van der Waals surface area contributed by atoms with Gasteiger partial charge in [0.25, 0.3) is 0 Å². The van der Waals surface area contributed by atoms with Crippen molar-refractivity contribution >= 4 is 11.6 Å². The zero-order valence-corrected chi connectivity index (χ0v) is 15.4. The summed E-state index contributed by atoms with van der Waals surface area (Å²) in [6.45, 7) is 4.59. The van der Waals surface area contributed by atoms with E-state index in [9.17, 15) is 0 Å². The molecule has 0 bridgehead atoms. The number of piperidine rings is 1. The van der Waals surface area contributed by atoms with E-state index in [4.69, 9.17) is 4.74 Å². The van der Waals surface area contributed by atoms with Crippen LogP contribution in [0.1, 0.15) is 25.7 Å². The zero-order chi connectivity index (χ0) is 17.5. The Morgan fingerprint density at radius 1 is 1.48 bits per heavy atom. The predicted octanol–water partition coefficient (Wildman–Crippen LogP) is 1.29. The minimum atomic E-state index is 0.405. The molecule has 7 heteroatoms. The van der Waals surface area contributed by atoms with E-state index in [0.717, 1.165) is 51.6 Å². The summed E-state index contributed by atoms with van der Waals surface area (Å²) in [4.78, 5) is 6.78. The van der Waals surface area contributed by atoms with Gasteiger partial charge in [-0.2, -0.15) is 5.10 Å². The average molecular weight is 346 g/mol. The lowest BCUT2D eigenvalue weighted by Gasteiger charge is -2.34. The van der Waals surface area contributed by atoms with Crippen LogP contribution in [0.3, 0.4) is 0 Å². The molecular formula is C18H30N6O. The van der Waals surface area contributed by atoms with Crippen molar-refractivity contribution in [3.8, 4) is 0 Å². The van der Waals surface area contributed by atoms with E-state index in [-0.39, 0.29) is 0 Å². The molecule has 138 valence electrons. The fraction of sp³-hybridized carbons (Fsp3) is 0.667. The van der Waals surface area contributed by atoms with Crippen LogP contribution < -0.4 is 15.5 Å². The number of guanidine groups is 1. The van der Waals surface area contributed by atoms with Crippen molar-refractivity contribution in [2.24, 2.45) is 12.0 Å². The van der Waals surface area contributed by atoms with E-state index in [1.54, 1.807) is 0 Å². The van der Waals surface area contributed by atoms with E-state index in [1.165, 1.54) is 24.1 Å². The Bertz CT molecular complexity index is 608. The fourth-order valence-corrected chi connectivity index (χ4v) is 3.42. The standard InChI is InChI=1S/C18H30N6O/c1-19-18(20-8-5-15-6-10-25-11-7-15)22-16-4-3-9-24(13-16)17-12-21-23(2)14-17/h6,12,14,16H,3-5,7-11,13H2,1-2H3,(H2,19,20,22). The molecule has 1 aromatic rings. The summed E-state index contributed by atoms with van der Waals surface area (Å²) in [6.07, 6.45) is 10.7. The summed E-state index contributed by atoms with van der Waals surface area (Å²) >= 11 is 0. The highest BCUT2D eigenvalue weighted by atomic mass is 16.5. The lowest BCUT2D eigenvalue weighted by atomic mass is 10.1. The quantitative estimate of drug-likeness (QED) is 0.478. The largest absolute Gasteiger partial charge is 0.377 e. The maximum Gasteiger partial charge on any atom is 0.191 e. The molecule has 1 atom stereocenters. The number of nitrogens with zero attached hydrogens (tertiary/aromatic N) is 4. The van der Waals surface area contributed by atoms with Gasteiger partial charge in [-0.25, -0.2) is 0 Å². The van der Waals surface area contributed by atoms with Gasteiger partial charge in [-0.3, -0.25) is 9.67 Å². The summed E-state index contributed by atoms with van der Waals surface area (Å²) in [7, 11) is 3.80. The molecule has 1 saturated heterocycles. The van der Waals surface area contributed by atoms with Crippen LogP contribution in [0.2, 0.25) is 0 Å². The second kappa shape index (κ2) is 8.89. The Hall–Kier alpha value is -2.02. The van der Waals surface area contributed by atoms with Crippen molar-refractivity contribution in [1.82, 2.24) is 20.4 Å². The van der Waals surface area contributed by atoms with Crippen LogP contribution in [0.25, 0.3) is 0 Å². The molecule has 25 heavy (non-hydrogen) atoms. The number of hydrogen-bond acceptors (Lipinski definition) is 4. The molecule has 2 N–H and O–H groups in total. The first-order valence-corrected chi connectivity index (χ1v) is 9.21. The van der Waals surface area contributed by atoms with Crippen molar-refractivity contribution in [2.45, 2.75) is 31.7 Å². The minimum absolute atomic E-state index is 0.405. The Kier molecular flexibility index (Phi) is 6.33. The average Bonchev–Trinajstić information content (AvgIpc) is 3.08. The third-order valence-corrected chi connectivity index (χ3v) is 4.84. The summed E-state index contributed by atoms with van der Waals surface area (Å²) in [6, 6.07) is 0.405. The van der Waals surface area contributed by atoms with E-state index in [2.05, 4.69) is 37.9 Å². The molecule has 7 nitrogen and oxygen atoms in total. The minimum Gasteiger partial charge on any atom is -0.377 e. The molecule has 0 aromatic carbocycles. The van der Waals surface area contributed by atoms with Gasteiger partial charge in [-0.05, 0) is 25.7 Å². The Morgan fingerprint density at radius 2 is 2.40 bits per heavy atom. The summed E-state index contributed by atoms with van der Waals surface area (Å²) in [5, 5.41) is 11.3. The van der Waals surface area contributed by atoms with Crippen LogP contribution in [-0.2, 0) is 11.8 Å². The second-order valence-corrected chi connectivity index (χ2v) is 6.74. The molecule has 0 spiro atoms. The van der Waals surface area contributed by atoms with E-state index in [1.807, 2.05) is 25.0 Å². The first-order chi connectivity index (χ1) is 12.2.